The van der Waals surface area contributed by atoms with Gasteiger partial charge >= 0.3 is 5.97 Å². The molecule has 0 radical (unpaired) electrons. The second-order valence-electron chi connectivity index (χ2n) is 6.42. The molecule has 2 amide bonds. The normalized spacial score (nSPS) is 16.5. The zero-order valence-corrected chi connectivity index (χ0v) is 15.5. The van der Waals surface area contributed by atoms with Crippen LogP contribution in [0.4, 0.5) is 10.1 Å². The molecule has 0 bridgehead atoms. The number of anilines is 1. The van der Waals surface area contributed by atoms with Gasteiger partial charge in [-0.15, -0.1) is 0 Å². The van der Waals surface area contributed by atoms with E-state index in [1.54, 1.807) is 31.2 Å². The Hall–Kier alpha value is -3.06. The van der Waals surface area contributed by atoms with E-state index >= 15 is 0 Å². The van der Waals surface area contributed by atoms with Crippen molar-refractivity contribution in [2.45, 2.75) is 25.8 Å². The summed E-state index contributed by atoms with van der Waals surface area (Å²) in [6, 6.07) is 11.7. The lowest BCUT2D eigenvalue weighted by molar-refractivity contribution is -0.121. The van der Waals surface area contributed by atoms with Gasteiger partial charge in [0.1, 0.15) is 5.82 Å². The Morgan fingerprint density at radius 3 is 2.46 bits per heavy atom. The highest BCUT2D eigenvalue weighted by molar-refractivity contribution is 6.22. The molecule has 0 unspecified atom stereocenters. The molecule has 1 N–H and O–H groups in total. The predicted molar refractivity (Wildman–Crippen MR) is 101 cm³/mol. The van der Waals surface area contributed by atoms with E-state index in [9.17, 15) is 18.8 Å². The minimum absolute atomic E-state index is 0.0713. The van der Waals surface area contributed by atoms with Gasteiger partial charge in [0.2, 0.25) is 5.91 Å². The molecule has 0 aromatic heterocycles. The molecule has 28 heavy (non-hydrogen) atoms. The number of halogens is 1. The molecule has 0 saturated carbocycles. The molecule has 2 aromatic carbocycles. The van der Waals surface area contributed by atoms with Crippen LogP contribution in [0.25, 0.3) is 0 Å². The van der Waals surface area contributed by atoms with Crippen LogP contribution in [0.3, 0.4) is 0 Å². The molecule has 146 valence electrons. The molecule has 1 aliphatic heterocycles. The fraction of sp³-hybridized carbons (Fsp3) is 0.286. The molecule has 1 fully saturated rings. The van der Waals surface area contributed by atoms with Crippen molar-refractivity contribution in [2.75, 3.05) is 18.1 Å². The maximum absolute atomic E-state index is 12.9. The number of imide groups is 1. The Balaban J connectivity index is 1.59. The van der Waals surface area contributed by atoms with Gasteiger partial charge in [-0.25, -0.2) is 14.1 Å². The summed E-state index contributed by atoms with van der Waals surface area (Å²) in [6.07, 6.45) is 0.689. The molecule has 1 saturated heterocycles. The monoisotopic (exact) mass is 384 g/mol. The third-order valence-corrected chi connectivity index (χ3v) is 4.50. The first kappa shape index (κ1) is 19.7. The molecule has 0 spiro atoms. The van der Waals surface area contributed by atoms with E-state index in [1.807, 2.05) is 0 Å². The van der Waals surface area contributed by atoms with Crippen molar-refractivity contribution in [3.63, 3.8) is 0 Å². The van der Waals surface area contributed by atoms with Crippen LogP contribution in [-0.4, -0.2) is 37.0 Å². The minimum Gasteiger partial charge on any atom is -0.462 e. The summed E-state index contributed by atoms with van der Waals surface area (Å²) < 4.78 is 17.9. The van der Waals surface area contributed by atoms with Crippen molar-refractivity contribution in [3.05, 3.63) is 65.5 Å². The van der Waals surface area contributed by atoms with Crippen molar-refractivity contribution in [2.24, 2.45) is 0 Å². The lowest BCUT2D eigenvalue weighted by Crippen LogP contribution is -2.39. The second-order valence-corrected chi connectivity index (χ2v) is 6.42. The molecule has 1 aliphatic rings. The van der Waals surface area contributed by atoms with E-state index < -0.39 is 12.0 Å². The van der Waals surface area contributed by atoms with Crippen LogP contribution in [-0.2, 0) is 20.7 Å². The fourth-order valence-corrected chi connectivity index (χ4v) is 3.07. The second kappa shape index (κ2) is 8.75. The zero-order valence-electron chi connectivity index (χ0n) is 15.5. The van der Waals surface area contributed by atoms with Crippen LogP contribution in [0.15, 0.2) is 48.5 Å². The number of hydrogen-bond donors (Lipinski definition) is 1. The van der Waals surface area contributed by atoms with Gasteiger partial charge in [0.05, 0.1) is 30.3 Å². The summed E-state index contributed by atoms with van der Waals surface area (Å²) in [5, 5.41) is 3.09. The summed E-state index contributed by atoms with van der Waals surface area (Å²) in [5.74, 6) is -1.37. The third-order valence-electron chi connectivity index (χ3n) is 4.50. The molecule has 6 nitrogen and oxygen atoms in total. The third kappa shape index (κ3) is 4.43. The van der Waals surface area contributed by atoms with E-state index in [1.165, 1.54) is 24.3 Å². The Morgan fingerprint density at radius 2 is 1.82 bits per heavy atom. The summed E-state index contributed by atoms with van der Waals surface area (Å²) in [6.45, 7) is 2.48. The number of rotatable bonds is 7. The van der Waals surface area contributed by atoms with Crippen LogP contribution < -0.4 is 10.2 Å². The quantitative estimate of drug-likeness (QED) is 0.586. The van der Waals surface area contributed by atoms with Gasteiger partial charge in [0.15, 0.2) is 0 Å². The molecular weight excluding hydrogens is 363 g/mol. The van der Waals surface area contributed by atoms with E-state index in [-0.39, 0.29) is 30.7 Å². The lowest BCUT2D eigenvalue weighted by atomic mass is 10.1. The Labute approximate surface area is 162 Å². The van der Waals surface area contributed by atoms with Crippen LogP contribution in [0.1, 0.15) is 29.3 Å². The SMILES string of the molecule is CCOC(=O)c1ccc(N2C(=O)C[C@H](NCCc3ccc(F)cc3)C2=O)cc1. The number of nitrogens with one attached hydrogen (secondary N) is 1. The van der Waals surface area contributed by atoms with Crippen LogP contribution in [0, 0.1) is 5.82 Å². The molecule has 2 aromatic rings. The van der Waals surface area contributed by atoms with Crippen LogP contribution >= 0.6 is 0 Å². The highest BCUT2D eigenvalue weighted by Crippen LogP contribution is 2.23. The van der Waals surface area contributed by atoms with E-state index in [0.29, 0.717) is 24.2 Å². The summed E-state index contributed by atoms with van der Waals surface area (Å²) in [7, 11) is 0. The number of carbonyl (C=O) groups excluding carboxylic acids is 3. The first-order valence-corrected chi connectivity index (χ1v) is 9.11. The van der Waals surface area contributed by atoms with Crippen molar-refractivity contribution in [1.82, 2.24) is 5.32 Å². The lowest BCUT2D eigenvalue weighted by Gasteiger charge is -2.16. The Bertz CT molecular complexity index is 865. The molecule has 1 atom stereocenters. The van der Waals surface area contributed by atoms with E-state index in [4.69, 9.17) is 4.74 Å². The highest BCUT2D eigenvalue weighted by Gasteiger charge is 2.39. The largest absolute Gasteiger partial charge is 0.462 e. The minimum atomic E-state index is -0.599. The van der Waals surface area contributed by atoms with Gasteiger partial charge in [-0.05, 0) is 61.9 Å². The first-order chi connectivity index (χ1) is 13.5. The van der Waals surface area contributed by atoms with Gasteiger partial charge in [-0.3, -0.25) is 9.59 Å². The van der Waals surface area contributed by atoms with Crippen LogP contribution in [0.2, 0.25) is 0 Å². The van der Waals surface area contributed by atoms with Crippen molar-refractivity contribution < 1.29 is 23.5 Å². The molecule has 0 aliphatic carbocycles. The average molecular weight is 384 g/mol. The number of hydrogen-bond acceptors (Lipinski definition) is 5. The number of amides is 2. The van der Waals surface area contributed by atoms with Gasteiger partial charge in [-0.2, -0.15) is 0 Å². The number of esters is 1. The first-order valence-electron chi connectivity index (χ1n) is 9.11. The summed E-state index contributed by atoms with van der Waals surface area (Å²) >= 11 is 0. The molecule has 1 heterocycles. The number of ether oxygens (including phenoxy) is 1. The maximum Gasteiger partial charge on any atom is 0.338 e. The van der Waals surface area contributed by atoms with Crippen molar-refractivity contribution in [3.8, 4) is 0 Å². The van der Waals surface area contributed by atoms with Gasteiger partial charge in [-0.1, -0.05) is 12.1 Å². The van der Waals surface area contributed by atoms with Gasteiger partial charge in [0, 0.05) is 0 Å². The molecule has 3 rings (SSSR count). The Kier molecular flexibility index (Phi) is 6.16. The standard InChI is InChI=1S/C21H21FN2O4/c1-2-28-21(27)15-5-9-17(10-6-15)24-19(25)13-18(20(24)26)23-12-11-14-3-7-16(22)8-4-14/h3-10,18,23H,2,11-13H2,1H3/t18-/m0/s1. The van der Waals surface area contributed by atoms with E-state index in [0.717, 1.165) is 10.5 Å². The maximum atomic E-state index is 12.9. The summed E-state index contributed by atoms with van der Waals surface area (Å²) in [4.78, 5) is 37.8. The Morgan fingerprint density at radius 1 is 1.14 bits per heavy atom. The molecular formula is C21H21FN2O4. The fourth-order valence-electron chi connectivity index (χ4n) is 3.07. The number of benzene rings is 2. The zero-order chi connectivity index (χ0) is 20.1. The van der Waals surface area contributed by atoms with Crippen LogP contribution in [0.5, 0.6) is 0 Å². The topological polar surface area (TPSA) is 75.7 Å². The highest BCUT2D eigenvalue weighted by atomic mass is 19.1. The van der Waals surface area contributed by atoms with Gasteiger partial charge in [0.25, 0.3) is 5.91 Å². The smallest absolute Gasteiger partial charge is 0.338 e. The number of carbonyl (C=O) groups is 3. The molecule has 7 heteroatoms. The summed E-state index contributed by atoms with van der Waals surface area (Å²) in [5.41, 5.74) is 1.72. The van der Waals surface area contributed by atoms with Crippen molar-refractivity contribution >= 4 is 23.5 Å². The predicted octanol–water partition coefficient (Wildman–Crippen LogP) is 2.47. The van der Waals surface area contributed by atoms with Crippen molar-refractivity contribution in [1.29, 1.82) is 0 Å². The average Bonchev–Trinajstić information content (AvgIpc) is 2.97. The number of nitrogens with zero attached hydrogens (tertiary/aromatic N) is 1. The van der Waals surface area contributed by atoms with E-state index in [2.05, 4.69) is 5.32 Å². The van der Waals surface area contributed by atoms with Gasteiger partial charge < -0.3 is 10.1 Å².